The first-order chi connectivity index (χ1) is 6.75. The number of hydrogen-bond donors (Lipinski definition) is 2. The summed E-state index contributed by atoms with van der Waals surface area (Å²) in [5.41, 5.74) is 0.353. The van der Waals surface area contributed by atoms with Crippen molar-refractivity contribution in [1.82, 2.24) is 15.4 Å². The molecule has 2 N–H and O–H groups in total. The fraction of sp³-hybridized carbons (Fsp3) is 0.444. The Labute approximate surface area is 82.5 Å². The Hall–Kier alpha value is -1.83. The van der Waals surface area contributed by atoms with Crippen LogP contribution in [-0.2, 0) is 6.42 Å². The molecule has 0 aliphatic rings. The Morgan fingerprint density at radius 1 is 1.57 bits per heavy atom. The van der Waals surface area contributed by atoms with Gasteiger partial charge in [0.15, 0.2) is 5.69 Å². The molecule has 0 fully saturated rings. The highest BCUT2D eigenvalue weighted by Gasteiger charge is 2.13. The number of aromatic nitrogens is 3. The van der Waals surface area contributed by atoms with Crippen LogP contribution in [0.3, 0.4) is 0 Å². The fourth-order valence-corrected chi connectivity index (χ4v) is 0.789. The van der Waals surface area contributed by atoms with Gasteiger partial charge in [0.2, 0.25) is 0 Å². The standard InChI is InChI=1S/C7H7N3O2.C2H6/c1-2-3-4-5-6(7(11)12)9-10-8-5;1-2/h1H,3-4H2,(H,11,12)(H,8,9,10);1-2H3. The minimum atomic E-state index is -1.09. The molecule has 5 nitrogen and oxygen atoms in total. The molecule has 0 aliphatic carbocycles. The number of carboxylic acid groups (broad SMARTS) is 1. The van der Waals surface area contributed by atoms with Crippen LogP contribution in [0.5, 0.6) is 0 Å². The van der Waals surface area contributed by atoms with E-state index in [9.17, 15) is 4.79 Å². The van der Waals surface area contributed by atoms with Crippen LogP contribution in [0.15, 0.2) is 0 Å². The molecule has 0 unspecified atom stereocenters. The molecule has 0 aromatic carbocycles. The molecule has 0 bridgehead atoms. The molecule has 0 atom stereocenters. The number of carbonyl (C=O) groups is 1. The summed E-state index contributed by atoms with van der Waals surface area (Å²) in [5, 5.41) is 17.9. The third-order valence-electron chi connectivity index (χ3n) is 1.33. The second-order valence-electron chi connectivity index (χ2n) is 2.13. The third kappa shape index (κ3) is 3.27. The van der Waals surface area contributed by atoms with Gasteiger partial charge in [-0.1, -0.05) is 13.8 Å². The van der Waals surface area contributed by atoms with Crippen molar-refractivity contribution in [2.45, 2.75) is 26.7 Å². The maximum Gasteiger partial charge on any atom is 0.358 e. The maximum absolute atomic E-state index is 10.5. The molecule has 1 heterocycles. The summed E-state index contributed by atoms with van der Waals surface area (Å²) in [6.07, 6.45) is 5.92. The van der Waals surface area contributed by atoms with Crippen molar-refractivity contribution < 1.29 is 9.90 Å². The molecule has 1 aromatic heterocycles. The lowest BCUT2D eigenvalue weighted by molar-refractivity contribution is 0.0689. The van der Waals surface area contributed by atoms with Crippen LogP contribution in [0, 0.1) is 12.3 Å². The SMILES string of the molecule is C#CCCc1n[nH]nc1C(=O)O.CC. The number of hydrogen-bond acceptors (Lipinski definition) is 3. The van der Waals surface area contributed by atoms with Crippen molar-refractivity contribution in [3.8, 4) is 12.3 Å². The highest BCUT2D eigenvalue weighted by molar-refractivity contribution is 5.86. The minimum absolute atomic E-state index is 0.0507. The van der Waals surface area contributed by atoms with Gasteiger partial charge in [-0.05, 0) is 0 Å². The Bertz CT molecular complexity index is 325. The number of carboxylic acids is 1. The molecule has 0 spiro atoms. The molecule has 0 saturated carbocycles. The molecule has 1 aromatic rings. The van der Waals surface area contributed by atoms with E-state index < -0.39 is 5.97 Å². The van der Waals surface area contributed by atoms with Crippen LogP contribution >= 0.6 is 0 Å². The van der Waals surface area contributed by atoms with E-state index in [-0.39, 0.29) is 5.69 Å². The predicted molar refractivity (Wildman–Crippen MR) is 51.8 cm³/mol. The van der Waals surface area contributed by atoms with E-state index in [2.05, 4.69) is 21.3 Å². The van der Waals surface area contributed by atoms with Crippen LogP contribution in [0.25, 0.3) is 0 Å². The number of aromatic carboxylic acids is 1. The monoisotopic (exact) mass is 195 g/mol. The summed E-state index contributed by atoms with van der Waals surface area (Å²) in [7, 11) is 0. The van der Waals surface area contributed by atoms with Gasteiger partial charge in [-0.3, -0.25) is 0 Å². The van der Waals surface area contributed by atoms with Crippen LogP contribution < -0.4 is 0 Å². The zero-order valence-corrected chi connectivity index (χ0v) is 8.24. The van der Waals surface area contributed by atoms with E-state index in [0.29, 0.717) is 18.5 Å². The lowest BCUT2D eigenvalue weighted by Crippen LogP contribution is -2.01. The smallest absolute Gasteiger partial charge is 0.358 e. The van der Waals surface area contributed by atoms with Gasteiger partial charge >= 0.3 is 5.97 Å². The number of nitrogens with zero attached hydrogens (tertiary/aromatic N) is 2. The molecular weight excluding hydrogens is 182 g/mol. The highest BCUT2D eigenvalue weighted by Crippen LogP contribution is 2.03. The largest absolute Gasteiger partial charge is 0.476 e. The molecular formula is C9H13N3O2. The molecule has 0 amide bonds. The summed E-state index contributed by atoms with van der Waals surface area (Å²) in [6.45, 7) is 4.00. The van der Waals surface area contributed by atoms with Crippen molar-refractivity contribution in [1.29, 1.82) is 0 Å². The Morgan fingerprint density at radius 3 is 2.71 bits per heavy atom. The Kier molecular flexibility index (Phi) is 5.79. The number of terminal acetylenes is 1. The lowest BCUT2D eigenvalue weighted by Gasteiger charge is -1.90. The van der Waals surface area contributed by atoms with Gasteiger partial charge in [-0.25, -0.2) is 4.79 Å². The van der Waals surface area contributed by atoms with Crippen molar-refractivity contribution in [2.75, 3.05) is 0 Å². The quantitative estimate of drug-likeness (QED) is 0.708. The number of aromatic amines is 1. The van der Waals surface area contributed by atoms with Gasteiger partial charge in [0.05, 0.1) is 5.69 Å². The van der Waals surface area contributed by atoms with Gasteiger partial charge in [0, 0.05) is 12.8 Å². The number of H-pyrrole nitrogens is 1. The molecule has 14 heavy (non-hydrogen) atoms. The van der Waals surface area contributed by atoms with Gasteiger partial charge in [-0.2, -0.15) is 10.3 Å². The molecule has 0 aliphatic heterocycles. The lowest BCUT2D eigenvalue weighted by atomic mass is 10.2. The minimum Gasteiger partial charge on any atom is -0.476 e. The molecule has 0 saturated heterocycles. The first-order valence-electron chi connectivity index (χ1n) is 4.32. The van der Waals surface area contributed by atoms with E-state index in [1.54, 1.807) is 0 Å². The first-order valence-corrected chi connectivity index (χ1v) is 4.32. The Morgan fingerprint density at radius 2 is 2.21 bits per heavy atom. The van der Waals surface area contributed by atoms with Crippen LogP contribution in [0.1, 0.15) is 36.5 Å². The summed E-state index contributed by atoms with van der Waals surface area (Å²) in [6, 6.07) is 0. The van der Waals surface area contributed by atoms with Gasteiger partial charge in [0.25, 0.3) is 0 Å². The molecule has 0 radical (unpaired) electrons. The Balaban J connectivity index is 0.000000791. The van der Waals surface area contributed by atoms with E-state index in [1.165, 1.54) is 0 Å². The third-order valence-corrected chi connectivity index (χ3v) is 1.33. The van der Waals surface area contributed by atoms with E-state index in [4.69, 9.17) is 11.5 Å². The molecule has 5 heteroatoms. The predicted octanol–water partition coefficient (Wildman–Crippen LogP) is 1.09. The van der Waals surface area contributed by atoms with E-state index in [1.807, 2.05) is 13.8 Å². The number of aryl methyl sites for hydroxylation is 1. The fourth-order valence-electron chi connectivity index (χ4n) is 0.789. The van der Waals surface area contributed by atoms with Crippen molar-refractivity contribution in [3.05, 3.63) is 11.4 Å². The summed E-state index contributed by atoms with van der Waals surface area (Å²) in [4.78, 5) is 10.5. The second-order valence-corrected chi connectivity index (χ2v) is 2.13. The second kappa shape index (κ2) is 6.66. The highest BCUT2D eigenvalue weighted by atomic mass is 16.4. The van der Waals surface area contributed by atoms with Crippen LogP contribution in [0.2, 0.25) is 0 Å². The number of rotatable bonds is 3. The van der Waals surface area contributed by atoms with Gasteiger partial charge in [0.1, 0.15) is 0 Å². The normalized spacial score (nSPS) is 8.36. The van der Waals surface area contributed by atoms with E-state index >= 15 is 0 Å². The average molecular weight is 195 g/mol. The van der Waals surface area contributed by atoms with Gasteiger partial charge < -0.3 is 5.11 Å². The first kappa shape index (κ1) is 12.2. The summed E-state index contributed by atoms with van der Waals surface area (Å²) >= 11 is 0. The topological polar surface area (TPSA) is 78.9 Å². The zero-order chi connectivity index (χ0) is 11.0. The zero-order valence-electron chi connectivity index (χ0n) is 8.24. The average Bonchev–Trinajstić information content (AvgIpc) is 2.66. The van der Waals surface area contributed by atoms with Crippen molar-refractivity contribution >= 4 is 5.97 Å². The van der Waals surface area contributed by atoms with Crippen molar-refractivity contribution in [2.24, 2.45) is 0 Å². The maximum atomic E-state index is 10.5. The molecule has 76 valence electrons. The van der Waals surface area contributed by atoms with Crippen molar-refractivity contribution in [3.63, 3.8) is 0 Å². The molecule has 1 rings (SSSR count). The summed E-state index contributed by atoms with van der Waals surface area (Å²) < 4.78 is 0. The van der Waals surface area contributed by atoms with Gasteiger partial charge in [-0.15, -0.1) is 17.4 Å². The van der Waals surface area contributed by atoms with Crippen LogP contribution in [0.4, 0.5) is 0 Å². The van der Waals surface area contributed by atoms with E-state index in [0.717, 1.165) is 0 Å². The van der Waals surface area contributed by atoms with Crippen LogP contribution in [-0.4, -0.2) is 26.5 Å². The number of nitrogens with one attached hydrogen (secondary N) is 1. The summed E-state index contributed by atoms with van der Waals surface area (Å²) in [5.74, 6) is 1.31.